The molecule has 0 amide bonds. The summed E-state index contributed by atoms with van der Waals surface area (Å²) in [5.41, 5.74) is 5.71. The first-order valence-electron chi connectivity index (χ1n) is 14.7. The van der Waals surface area contributed by atoms with Crippen LogP contribution in [0.3, 0.4) is 0 Å². The van der Waals surface area contributed by atoms with Gasteiger partial charge in [0.1, 0.15) is 18.0 Å². The molecule has 0 saturated heterocycles. The van der Waals surface area contributed by atoms with E-state index in [-0.39, 0.29) is 12.4 Å². The topological polar surface area (TPSA) is 86.7 Å². The van der Waals surface area contributed by atoms with Crippen LogP contribution in [0.1, 0.15) is 38.8 Å². The third-order valence-corrected chi connectivity index (χ3v) is 7.99. The maximum atomic E-state index is 12.1. The van der Waals surface area contributed by atoms with Crippen molar-refractivity contribution in [1.82, 2.24) is 0 Å². The Kier molecular flexibility index (Phi) is 8.59. The molecule has 1 aliphatic carbocycles. The summed E-state index contributed by atoms with van der Waals surface area (Å²) in [7, 11) is 0. The highest BCUT2D eigenvalue weighted by Gasteiger charge is 2.25. The molecule has 0 fully saturated rings. The van der Waals surface area contributed by atoms with Gasteiger partial charge >= 0.3 is 0 Å². The summed E-state index contributed by atoms with van der Waals surface area (Å²) >= 11 is 0. The number of hydrogen-bond donors (Lipinski definition) is 2. The summed E-state index contributed by atoms with van der Waals surface area (Å²) in [6, 6.07) is 20.6. The molecule has 1 heterocycles. The molecule has 3 N–H and O–H groups in total. The molecule has 0 unspecified atom stereocenters. The van der Waals surface area contributed by atoms with E-state index in [4.69, 9.17) is 4.74 Å². The quantitative estimate of drug-likeness (QED) is 0.239. The number of nitrogens with two attached hydrogens (primary N) is 1. The number of anilines is 2. The minimum atomic E-state index is -0.535. The molecule has 0 aromatic heterocycles. The van der Waals surface area contributed by atoms with E-state index in [9.17, 15) is 14.7 Å². The van der Waals surface area contributed by atoms with Gasteiger partial charge in [0.05, 0.1) is 10.8 Å². The number of nitrogens with zero attached hydrogens (tertiary/aromatic N) is 2. The Morgan fingerprint density at radius 1 is 0.786 bits per heavy atom. The van der Waals surface area contributed by atoms with E-state index in [0.717, 1.165) is 71.0 Å². The van der Waals surface area contributed by atoms with Crippen molar-refractivity contribution in [2.45, 2.75) is 27.7 Å². The summed E-state index contributed by atoms with van der Waals surface area (Å²) in [5, 5.41) is 14.0. The van der Waals surface area contributed by atoms with E-state index in [2.05, 4.69) is 73.9 Å². The Hall–Kier alpha value is -4.62. The summed E-state index contributed by atoms with van der Waals surface area (Å²) < 4.78 is 6.57. The van der Waals surface area contributed by atoms with Gasteiger partial charge in [-0.1, -0.05) is 18.2 Å². The van der Waals surface area contributed by atoms with E-state index in [1.807, 2.05) is 24.3 Å². The number of Topliss-reactive ketones (excluding diaryl/α,β-unsaturated/α-hetero) is 1. The van der Waals surface area contributed by atoms with Gasteiger partial charge in [0.2, 0.25) is 11.6 Å². The van der Waals surface area contributed by atoms with E-state index in [1.54, 1.807) is 17.5 Å². The fraction of sp³-hybridized carbons (Fsp3) is 0.257. The Balaban J connectivity index is 1.58. The number of benzene rings is 3. The van der Waals surface area contributed by atoms with Crippen LogP contribution in [0.4, 0.5) is 11.4 Å². The number of carbonyl (C=O) groups excluding carboxylic acids is 2. The van der Waals surface area contributed by atoms with Gasteiger partial charge in [-0.3, -0.25) is 14.9 Å². The number of quaternary nitrogens is 1. The molecule has 7 heteroatoms. The zero-order valence-corrected chi connectivity index (χ0v) is 24.7. The van der Waals surface area contributed by atoms with Gasteiger partial charge in [-0.15, -0.1) is 0 Å². The maximum absolute atomic E-state index is 12.1. The number of aliphatic hydroxyl groups excluding tert-OH is 1. The number of allylic oxidation sites excluding steroid dienone is 3. The molecule has 3 aromatic rings. The number of hydrogen-bond acceptors (Lipinski definition) is 6. The van der Waals surface area contributed by atoms with Crippen molar-refractivity contribution in [3.8, 4) is 11.5 Å². The second-order valence-electron chi connectivity index (χ2n) is 10.3. The van der Waals surface area contributed by atoms with E-state index < -0.39 is 11.6 Å². The molecule has 7 nitrogen and oxygen atoms in total. The second-order valence-corrected chi connectivity index (χ2v) is 10.3. The van der Waals surface area contributed by atoms with Crippen molar-refractivity contribution in [1.29, 1.82) is 0 Å². The Morgan fingerprint density at radius 2 is 1.33 bits per heavy atom. The minimum Gasteiger partial charge on any atom is -0.467 e. The molecule has 5 rings (SSSR count). The zero-order valence-electron chi connectivity index (χ0n) is 24.7. The Labute approximate surface area is 246 Å². The van der Waals surface area contributed by atoms with Gasteiger partial charge < -0.3 is 19.6 Å². The third-order valence-electron chi connectivity index (χ3n) is 7.99. The van der Waals surface area contributed by atoms with Crippen LogP contribution in [0.5, 0.6) is 11.5 Å². The summed E-state index contributed by atoms with van der Waals surface area (Å²) in [4.78, 5) is 28.4. The summed E-state index contributed by atoms with van der Waals surface area (Å²) in [5.74, 6) is 0.632. The van der Waals surface area contributed by atoms with Gasteiger partial charge in [0.15, 0.2) is 0 Å². The van der Waals surface area contributed by atoms with Gasteiger partial charge in [0, 0.05) is 66.4 Å². The first-order chi connectivity index (χ1) is 20.4. The number of rotatable bonds is 9. The molecular weight excluding hydrogens is 526 g/mol. The molecule has 216 valence electrons. The van der Waals surface area contributed by atoms with E-state index in [1.165, 1.54) is 6.08 Å². The van der Waals surface area contributed by atoms with Crippen LogP contribution in [0.15, 0.2) is 84.5 Å². The lowest BCUT2D eigenvalue weighted by atomic mass is 9.91. The largest absolute Gasteiger partial charge is 0.467 e. The summed E-state index contributed by atoms with van der Waals surface area (Å²) in [6.45, 7) is 12.4. The lowest BCUT2D eigenvalue weighted by Gasteiger charge is -2.28. The lowest BCUT2D eigenvalue weighted by Crippen LogP contribution is -2.83. The van der Waals surface area contributed by atoms with Crippen molar-refractivity contribution in [2.24, 2.45) is 0 Å². The SMILES string of the molecule is CCN(CC)c1ccc2c(c1)Oc1cc(N(CC)CC)ccc1C2=c1ccc(=C(O)[NH2+]CC2=CC=CC(=O)C2=O)cc1. The summed E-state index contributed by atoms with van der Waals surface area (Å²) in [6.07, 6.45) is 4.44. The first-order valence-corrected chi connectivity index (χ1v) is 14.7. The number of ketones is 2. The normalized spacial score (nSPS) is 13.7. The maximum Gasteiger partial charge on any atom is 0.293 e. The van der Waals surface area contributed by atoms with Gasteiger partial charge in [0.25, 0.3) is 5.88 Å². The molecule has 3 aromatic carbocycles. The number of carbonyl (C=O) groups is 2. The monoisotopic (exact) mass is 564 g/mol. The molecule has 1 aliphatic heterocycles. The van der Waals surface area contributed by atoms with E-state index in [0.29, 0.717) is 10.8 Å². The molecule has 0 radical (unpaired) electrons. The standard InChI is InChI=1S/C35H37N3O4/c1-5-37(6-2)26-16-18-28-31(20-26)42-32-21-27(38(7-3)8-4)17-19-29(32)33(28)23-12-14-24(15-13-23)35(41)36-22-25-10-9-11-30(39)34(25)40/h9-21,36,41H,5-8,22H2,1-4H3/p+1. The predicted molar refractivity (Wildman–Crippen MR) is 167 cm³/mol. The number of ether oxygens (including phenoxy) is 1. The van der Waals surface area contributed by atoms with Crippen molar-refractivity contribution < 1.29 is 24.7 Å². The van der Waals surface area contributed by atoms with Crippen LogP contribution in [-0.2, 0) is 9.59 Å². The van der Waals surface area contributed by atoms with Crippen LogP contribution in [0.25, 0.3) is 11.5 Å². The van der Waals surface area contributed by atoms with Gasteiger partial charge in [-0.05, 0) is 81.5 Å². The third kappa shape index (κ3) is 5.60. The Bertz CT molecular complexity index is 1630. The van der Waals surface area contributed by atoms with Crippen molar-refractivity contribution in [3.05, 3.63) is 106 Å². The van der Waals surface area contributed by atoms with Crippen molar-refractivity contribution >= 4 is 34.4 Å². The van der Waals surface area contributed by atoms with Crippen molar-refractivity contribution in [2.75, 3.05) is 42.5 Å². The zero-order chi connectivity index (χ0) is 29.8. The molecule has 0 saturated carbocycles. The first kappa shape index (κ1) is 28.9. The van der Waals surface area contributed by atoms with Crippen LogP contribution in [0, 0.1) is 0 Å². The highest BCUT2D eigenvalue weighted by Crippen LogP contribution is 2.45. The molecule has 0 spiro atoms. The molecule has 2 aliphatic rings. The van der Waals surface area contributed by atoms with Crippen LogP contribution in [-0.4, -0.2) is 49.4 Å². The lowest BCUT2D eigenvalue weighted by molar-refractivity contribution is -0.575. The fourth-order valence-corrected chi connectivity index (χ4v) is 5.60. The fourth-order valence-electron chi connectivity index (χ4n) is 5.60. The molecular formula is C35H38N3O4+. The van der Waals surface area contributed by atoms with Crippen LogP contribution < -0.4 is 30.3 Å². The average Bonchev–Trinajstić information content (AvgIpc) is 3.01. The number of aliphatic hydroxyl groups is 1. The minimum absolute atomic E-state index is 0.0581. The molecule has 0 atom stereocenters. The molecule has 0 bridgehead atoms. The number of fused-ring (bicyclic) bond motifs is 2. The highest BCUT2D eigenvalue weighted by atomic mass is 16.5. The van der Waals surface area contributed by atoms with Crippen LogP contribution >= 0.6 is 0 Å². The second kappa shape index (κ2) is 12.5. The average molecular weight is 565 g/mol. The van der Waals surface area contributed by atoms with E-state index >= 15 is 0 Å². The smallest absolute Gasteiger partial charge is 0.293 e. The molecule has 42 heavy (non-hydrogen) atoms. The van der Waals surface area contributed by atoms with Crippen molar-refractivity contribution in [3.63, 3.8) is 0 Å². The predicted octanol–water partition coefficient (Wildman–Crippen LogP) is 3.55. The van der Waals surface area contributed by atoms with Gasteiger partial charge in [-0.25, -0.2) is 0 Å². The highest BCUT2D eigenvalue weighted by molar-refractivity contribution is 6.48. The van der Waals surface area contributed by atoms with Gasteiger partial charge in [-0.2, -0.15) is 0 Å². The van der Waals surface area contributed by atoms with Crippen LogP contribution in [0.2, 0.25) is 0 Å². The Morgan fingerprint density at radius 3 is 1.86 bits per heavy atom.